The van der Waals surface area contributed by atoms with E-state index in [1.54, 1.807) is 0 Å². The van der Waals surface area contributed by atoms with Gasteiger partial charge in [0, 0.05) is 12.5 Å². The van der Waals surface area contributed by atoms with Crippen LogP contribution in [0.15, 0.2) is 78.9 Å². The van der Waals surface area contributed by atoms with E-state index < -0.39 is 0 Å². The first kappa shape index (κ1) is 18.2. The molecular weight excluding hydrogens is 318 g/mol. The smallest absolute Gasteiger partial charge is 0.127 e. The molecule has 3 aromatic carbocycles. The van der Waals surface area contributed by atoms with Gasteiger partial charge in [0.1, 0.15) is 11.5 Å². The maximum Gasteiger partial charge on any atom is 0.127 e. The third-order valence-corrected chi connectivity index (χ3v) is 4.68. The van der Waals surface area contributed by atoms with Gasteiger partial charge in [0.05, 0.1) is 0 Å². The van der Waals surface area contributed by atoms with Crippen LogP contribution in [-0.2, 0) is 5.41 Å². The molecule has 0 saturated heterocycles. The second-order valence-corrected chi connectivity index (χ2v) is 7.64. The van der Waals surface area contributed by atoms with Gasteiger partial charge in [-0.2, -0.15) is 0 Å². The van der Waals surface area contributed by atoms with Crippen LogP contribution in [0, 0.1) is 0 Å². The Bertz CT molecular complexity index is 815. The molecule has 1 atom stereocenters. The van der Waals surface area contributed by atoms with E-state index in [2.05, 4.69) is 57.2 Å². The van der Waals surface area contributed by atoms with Crippen LogP contribution in [0.2, 0.25) is 0 Å². The molecule has 0 saturated carbocycles. The van der Waals surface area contributed by atoms with Crippen molar-refractivity contribution in [3.05, 3.63) is 95.6 Å². The molecule has 26 heavy (non-hydrogen) atoms. The summed E-state index contributed by atoms with van der Waals surface area (Å²) < 4.78 is 5.87. The Hall–Kier alpha value is -2.58. The van der Waals surface area contributed by atoms with Gasteiger partial charge < -0.3 is 10.5 Å². The van der Waals surface area contributed by atoms with E-state index in [9.17, 15) is 0 Å². The fraction of sp³-hybridized carbons (Fsp3) is 0.250. The zero-order valence-electron chi connectivity index (χ0n) is 15.8. The average Bonchev–Trinajstić information content (AvgIpc) is 2.64. The monoisotopic (exact) mass is 345 g/mol. The van der Waals surface area contributed by atoms with Crippen molar-refractivity contribution in [3.63, 3.8) is 0 Å². The van der Waals surface area contributed by atoms with Crippen LogP contribution in [-0.4, -0.2) is 6.54 Å². The van der Waals surface area contributed by atoms with Gasteiger partial charge in [-0.15, -0.1) is 0 Å². The second-order valence-electron chi connectivity index (χ2n) is 7.64. The molecule has 0 aliphatic carbocycles. The van der Waals surface area contributed by atoms with Gasteiger partial charge in [-0.25, -0.2) is 0 Å². The van der Waals surface area contributed by atoms with E-state index in [4.69, 9.17) is 10.5 Å². The first-order chi connectivity index (χ1) is 12.5. The lowest BCUT2D eigenvalue weighted by atomic mass is 9.84. The largest absolute Gasteiger partial charge is 0.457 e. The molecule has 3 rings (SSSR count). The lowest BCUT2D eigenvalue weighted by molar-refractivity contribution is 0.482. The van der Waals surface area contributed by atoms with E-state index in [-0.39, 0.29) is 11.3 Å². The number of benzene rings is 3. The molecule has 2 heteroatoms. The fourth-order valence-corrected chi connectivity index (χ4v) is 3.07. The summed E-state index contributed by atoms with van der Waals surface area (Å²) in [6, 6.07) is 26.9. The van der Waals surface area contributed by atoms with Crippen molar-refractivity contribution in [3.8, 4) is 11.5 Å². The zero-order chi connectivity index (χ0) is 18.6. The molecule has 3 aromatic rings. The van der Waals surface area contributed by atoms with Gasteiger partial charge in [0.15, 0.2) is 0 Å². The molecule has 134 valence electrons. The van der Waals surface area contributed by atoms with Gasteiger partial charge in [-0.1, -0.05) is 75.4 Å². The Morgan fingerprint density at radius 2 is 1.23 bits per heavy atom. The summed E-state index contributed by atoms with van der Waals surface area (Å²) >= 11 is 0. The first-order valence-electron chi connectivity index (χ1n) is 9.11. The van der Waals surface area contributed by atoms with E-state index in [1.807, 2.05) is 42.5 Å². The molecule has 0 aliphatic heterocycles. The van der Waals surface area contributed by atoms with E-state index >= 15 is 0 Å². The number of ether oxygens (including phenoxy) is 1. The Balaban J connectivity index is 1.78. The molecule has 0 amide bonds. The number of rotatable bonds is 5. The Morgan fingerprint density at radius 3 is 1.73 bits per heavy atom. The topological polar surface area (TPSA) is 35.2 Å². The molecule has 2 N–H and O–H groups in total. The van der Waals surface area contributed by atoms with E-state index in [1.165, 1.54) is 16.7 Å². The quantitative estimate of drug-likeness (QED) is 0.628. The molecule has 2 nitrogen and oxygen atoms in total. The van der Waals surface area contributed by atoms with Crippen molar-refractivity contribution < 1.29 is 4.74 Å². The number of hydrogen-bond acceptors (Lipinski definition) is 2. The summed E-state index contributed by atoms with van der Waals surface area (Å²) in [4.78, 5) is 0. The Labute approximate surface area is 156 Å². The summed E-state index contributed by atoms with van der Waals surface area (Å²) in [6.45, 7) is 7.27. The fourth-order valence-electron chi connectivity index (χ4n) is 3.07. The number of nitrogens with two attached hydrogens (primary N) is 1. The summed E-state index contributed by atoms with van der Waals surface area (Å²) in [5, 5.41) is 0. The standard InChI is InChI=1S/C24H27NO/c1-24(2,3)20-13-9-18(10-14-20)23(17-25)19-11-15-22(16-12-19)26-21-7-5-4-6-8-21/h4-16,23H,17,25H2,1-3H3/t23-/m0/s1. The van der Waals surface area contributed by atoms with Crippen molar-refractivity contribution in [1.82, 2.24) is 0 Å². The highest BCUT2D eigenvalue weighted by Gasteiger charge is 2.16. The van der Waals surface area contributed by atoms with Crippen LogP contribution in [0.5, 0.6) is 11.5 Å². The molecular formula is C24H27NO. The summed E-state index contributed by atoms with van der Waals surface area (Å²) in [5.41, 5.74) is 10.0. The predicted octanol–water partition coefficient (Wildman–Crippen LogP) is 5.87. The van der Waals surface area contributed by atoms with Crippen molar-refractivity contribution in [2.75, 3.05) is 6.54 Å². The molecule has 0 unspecified atom stereocenters. The van der Waals surface area contributed by atoms with Crippen LogP contribution in [0.1, 0.15) is 43.4 Å². The molecule has 0 aromatic heterocycles. The maximum atomic E-state index is 6.09. The van der Waals surface area contributed by atoms with Gasteiger partial charge in [-0.3, -0.25) is 0 Å². The SMILES string of the molecule is CC(C)(C)c1ccc([C@H](CN)c2ccc(Oc3ccccc3)cc2)cc1. The zero-order valence-corrected chi connectivity index (χ0v) is 15.8. The Kier molecular flexibility index (Phi) is 5.43. The molecule has 0 fully saturated rings. The third kappa shape index (κ3) is 4.33. The third-order valence-electron chi connectivity index (χ3n) is 4.68. The number of hydrogen-bond donors (Lipinski definition) is 1. The molecule has 0 bridgehead atoms. The van der Waals surface area contributed by atoms with Crippen LogP contribution in [0.25, 0.3) is 0 Å². The van der Waals surface area contributed by atoms with Crippen molar-refractivity contribution in [2.24, 2.45) is 5.73 Å². The van der Waals surface area contributed by atoms with Crippen LogP contribution in [0.4, 0.5) is 0 Å². The van der Waals surface area contributed by atoms with Crippen molar-refractivity contribution in [2.45, 2.75) is 32.1 Å². The van der Waals surface area contributed by atoms with E-state index in [0.29, 0.717) is 6.54 Å². The normalized spacial score (nSPS) is 12.6. The molecule has 0 heterocycles. The van der Waals surface area contributed by atoms with Crippen LogP contribution in [0.3, 0.4) is 0 Å². The lowest BCUT2D eigenvalue weighted by Gasteiger charge is -2.21. The van der Waals surface area contributed by atoms with Crippen molar-refractivity contribution >= 4 is 0 Å². The maximum absolute atomic E-state index is 6.09. The van der Waals surface area contributed by atoms with Gasteiger partial charge in [-0.05, 0) is 46.4 Å². The Morgan fingerprint density at radius 1 is 0.731 bits per heavy atom. The summed E-state index contributed by atoms with van der Waals surface area (Å²) in [5.74, 6) is 1.86. The first-order valence-corrected chi connectivity index (χ1v) is 9.11. The number of para-hydroxylation sites is 1. The van der Waals surface area contributed by atoms with Gasteiger partial charge >= 0.3 is 0 Å². The van der Waals surface area contributed by atoms with E-state index in [0.717, 1.165) is 11.5 Å². The minimum atomic E-state index is 0.160. The minimum Gasteiger partial charge on any atom is -0.457 e. The molecule has 0 radical (unpaired) electrons. The van der Waals surface area contributed by atoms with Crippen molar-refractivity contribution in [1.29, 1.82) is 0 Å². The average molecular weight is 345 g/mol. The highest BCUT2D eigenvalue weighted by Crippen LogP contribution is 2.29. The van der Waals surface area contributed by atoms with Crippen LogP contribution < -0.4 is 10.5 Å². The second kappa shape index (κ2) is 7.76. The molecule has 0 spiro atoms. The minimum absolute atomic E-state index is 0.160. The molecule has 0 aliphatic rings. The van der Waals surface area contributed by atoms with Crippen LogP contribution >= 0.6 is 0 Å². The van der Waals surface area contributed by atoms with Gasteiger partial charge in [0.2, 0.25) is 0 Å². The lowest BCUT2D eigenvalue weighted by Crippen LogP contribution is -2.15. The predicted molar refractivity (Wildman–Crippen MR) is 109 cm³/mol. The highest BCUT2D eigenvalue weighted by molar-refractivity contribution is 5.39. The highest BCUT2D eigenvalue weighted by atomic mass is 16.5. The van der Waals surface area contributed by atoms with Gasteiger partial charge in [0.25, 0.3) is 0 Å². The summed E-state index contributed by atoms with van der Waals surface area (Å²) in [7, 11) is 0. The summed E-state index contributed by atoms with van der Waals surface area (Å²) in [6.07, 6.45) is 0.